The molecular formula is C10H12Br2N2O4S. The number of rotatable bonds is 4. The van der Waals surface area contributed by atoms with Gasteiger partial charge in [0.2, 0.25) is 10.0 Å². The third-order valence-corrected chi connectivity index (χ3v) is 5.95. The van der Waals surface area contributed by atoms with Crippen LogP contribution in [-0.4, -0.2) is 39.4 Å². The number of ether oxygens (including phenoxy) is 1. The second kappa shape index (κ2) is 6.21. The number of halogens is 2. The number of esters is 1. The molecule has 0 saturated heterocycles. The normalized spacial score (nSPS) is 11.6. The number of carbonyl (C=O) groups is 1. The van der Waals surface area contributed by atoms with E-state index < -0.39 is 16.0 Å². The molecule has 0 aliphatic carbocycles. The predicted molar refractivity (Wildman–Crippen MR) is 78.1 cm³/mol. The first-order valence-corrected chi connectivity index (χ1v) is 8.00. The van der Waals surface area contributed by atoms with Gasteiger partial charge in [-0.3, -0.25) is 4.79 Å². The monoisotopic (exact) mass is 414 g/mol. The van der Waals surface area contributed by atoms with Crippen LogP contribution in [0.15, 0.2) is 26.0 Å². The molecule has 0 amide bonds. The zero-order valence-corrected chi connectivity index (χ0v) is 14.2. The lowest BCUT2D eigenvalue weighted by Crippen LogP contribution is -2.33. The molecule has 19 heavy (non-hydrogen) atoms. The minimum atomic E-state index is -3.84. The van der Waals surface area contributed by atoms with Crippen LogP contribution in [0, 0.1) is 0 Å². The Bertz CT molecular complexity index is 581. The zero-order valence-electron chi connectivity index (χ0n) is 10.2. The maximum atomic E-state index is 12.4. The molecule has 1 aromatic carbocycles. The maximum absolute atomic E-state index is 12.4. The average molecular weight is 416 g/mol. The SMILES string of the molecule is COC(=O)CN(C)S(=O)(=O)c1c(Br)cc(N)cc1Br. The molecule has 2 N–H and O–H groups in total. The lowest BCUT2D eigenvalue weighted by Gasteiger charge is -2.18. The third-order valence-electron chi connectivity index (χ3n) is 2.27. The van der Waals surface area contributed by atoms with E-state index in [0.29, 0.717) is 14.6 Å². The summed E-state index contributed by atoms with van der Waals surface area (Å²) in [4.78, 5) is 11.2. The highest BCUT2D eigenvalue weighted by Gasteiger charge is 2.28. The van der Waals surface area contributed by atoms with Crippen molar-refractivity contribution in [2.45, 2.75) is 4.90 Å². The first-order valence-electron chi connectivity index (χ1n) is 4.97. The Kier molecular flexibility index (Phi) is 5.36. The van der Waals surface area contributed by atoms with Crippen LogP contribution in [0.25, 0.3) is 0 Å². The number of nitrogens with zero attached hydrogens (tertiary/aromatic N) is 1. The van der Waals surface area contributed by atoms with E-state index in [1.807, 2.05) is 0 Å². The summed E-state index contributed by atoms with van der Waals surface area (Å²) in [5.41, 5.74) is 6.02. The van der Waals surface area contributed by atoms with Gasteiger partial charge in [0.15, 0.2) is 0 Å². The molecule has 0 aliphatic heterocycles. The van der Waals surface area contributed by atoms with E-state index in [1.165, 1.54) is 26.3 Å². The predicted octanol–water partition coefficient (Wildman–Crippen LogP) is 1.59. The topological polar surface area (TPSA) is 89.7 Å². The summed E-state index contributed by atoms with van der Waals surface area (Å²) in [7, 11) is -1.35. The summed E-state index contributed by atoms with van der Waals surface area (Å²) in [6.45, 7) is -0.373. The summed E-state index contributed by atoms with van der Waals surface area (Å²) in [6.07, 6.45) is 0. The molecule has 0 bridgehead atoms. The smallest absolute Gasteiger partial charge is 0.321 e. The highest BCUT2D eigenvalue weighted by atomic mass is 79.9. The van der Waals surface area contributed by atoms with Gasteiger partial charge in [0.1, 0.15) is 11.4 Å². The second-order valence-electron chi connectivity index (χ2n) is 3.65. The van der Waals surface area contributed by atoms with Gasteiger partial charge in [-0.05, 0) is 44.0 Å². The van der Waals surface area contributed by atoms with Crippen molar-refractivity contribution in [1.29, 1.82) is 0 Å². The van der Waals surface area contributed by atoms with Crippen molar-refractivity contribution in [3.8, 4) is 0 Å². The number of benzene rings is 1. The van der Waals surface area contributed by atoms with Crippen LogP contribution in [-0.2, 0) is 19.6 Å². The fourth-order valence-corrected chi connectivity index (χ4v) is 4.96. The van der Waals surface area contributed by atoms with Gasteiger partial charge < -0.3 is 10.5 Å². The van der Waals surface area contributed by atoms with Crippen LogP contribution in [0.3, 0.4) is 0 Å². The molecule has 0 saturated carbocycles. The number of sulfonamides is 1. The molecule has 0 heterocycles. The summed E-state index contributed by atoms with van der Waals surface area (Å²) in [5.74, 6) is -0.645. The maximum Gasteiger partial charge on any atom is 0.321 e. The Hall–Kier alpha value is -0.640. The Morgan fingerprint density at radius 2 is 1.84 bits per heavy atom. The van der Waals surface area contributed by atoms with Crippen LogP contribution in [0.5, 0.6) is 0 Å². The van der Waals surface area contributed by atoms with E-state index in [4.69, 9.17) is 5.73 Å². The first kappa shape index (κ1) is 16.4. The quantitative estimate of drug-likeness (QED) is 0.595. The summed E-state index contributed by atoms with van der Waals surface area (Å²) in [5, 5.41) is 0. The van der Waals surface area contributed by atoms with Gasteiger partial charge in [0.25, 0.3) is 0 Å². The molecule has 9 heteroatoms. The van der Waals surface area contributed by atoms with Gasteiger partial charge in [-0.1, -0.05) is 0 Å². The Labute approximate surface area is 128 Å². The van der Waals surface area contributed by atoms with E-state index in [1.54, 1.807) is 0 Å². The highest BCUT2D eigenvalue weighted by molar-refractivity contribution is 9.11. The molecule has 0 unspecified atom stereocenters. The molecule has 106 valence electrons. The van der Waals surface area contributed by atoms with Gasteiger partial charge in [-0.25, -0.2) is 8.42 Å². The summed E-state index contributed by atoms with van der Waals surface area (Å²) in [6, 6.07) is 2.95. The molecule has 0 aromatic heterocycles. The van der Waals surface area contributed by atoms with Crippen molar-refractivity contribution in [3.63, 3.8) is 0 Å². The van der Waals surface area contributed by atoms with E-state index >= 15 is 0 Å². The van der Waals surface area contributed by atoms with Crippen molar-refractivity contribution < 1.29 is 17.9 Å². The average Bonchev–Trinajstić information content (AvgIpc) is 2.26. The molecule has 0 atom stereocenters. The lowest BCUT2D eigenvalue weighted by molar-refractivity contribution is -0.140. The van der Waals surface area contributed by atoms with Crippen molar-refractivity contribution in [1.82, 2.24) is 4.31 Å². The fraction of sp³-hybridized carbons (Fsp3) is 0.300. The first-order chi connectivity index (χ1) is 8.70. The van der Waals surface area contributed by atoms with Crippen LogP contribution >= 0.6 is 31.9 Å². The van der Waals surface area contributed by atoms with E-state index in [-0.39, 0.29) is 11.4 Å². The van der Waals surface area contributed by atoms with E-state index in [0.717, 1.165) is 4.31 Å². The van der Waals surface area contributed by atoms with Crippen molar-refractivity contribution in [3.05, 3.63) is 21.1 Å². The highest BCUT2D eigenvalue weighted by Crippen LogP contribution is 2.33. The zero-order chi connectivity index (χ0) is 14.8. The van der Waals surface area contributed by atoms with Crippen LogP contribution in [0.1, 0.15) is 0 Å². The number of methoxy groups -OCH3 is 1. The van der Waals surface area contributed by atoms with Crippen LogP contribution in [0.4, 0.5) is 5.69 Å². The van der Waals surface area contributed by atoms with Gasteiger partial charge in [0, 0.05) is 21.7 Å². The Balaban J connectivity index is 3.24. The summed E-state index contributed by atoms with van der Waals surface area (Å²) >= 11 is 6.31. The molecule has 0 radical (unpaired) electrons. The molecular weight excluding hydrogens is 404 g/mol. The van der Waals surface area contributed by atoms with Gasteiger partial charge in [-0.2, -0.15) is 4.31 Å². The number of hydrogen-bond acceptors (Lipinski definition) is 5. The van der Waals surface area contributed by atoms with Crippen molar-refractivity contribution in [2.75, 3.05) is 26.4 Å². The minimum absolute atomic E-state index is 0.00750. The fourth-order valence-electron chi connectivity index (χ4n) is 1.31. The summed E-state index contributed by atoms with van der Waals surface area (Å²) < 4.78 is 30.7. The van der Waals surface area contributed by atoms with Gasteiger partial charge in [0.05, 0.1) is 7.11 Å². The second-order valence-corrected chi connectivity index (χ2v) is 7.34. The van der Waals surface area contributed by atoms with Crippen molar-refractivity contribution in [2.24, 2.45) is 0 Å². The minimum Gasteiger partial charge on any atom is -0.468 e. The molecule has 0 aliphatic rings. The van der Waals surface area contributed by atoms with Gasteiger partial charge >= 0.3 is 5.97 Å². The molecule has 0 fully saturated rings. The standard InChI is InChI=1S/C10H12Br2N2O4S/c1-14(5-9(15)18-2)19(16,17)10-7(11)3-6(13)4-8(10)12/h3-4H,5,13H2,1-2H3. The van der Waals surface area contributed by atoms with Crippen LogP contribution < -0.4 is 5.73 Å². The lowest BCUT2D eigenvalue weighted by atomic mass is 10.3. The number of nitrogen functional groups attached to an aromatic ring is 1. The van der Waals surface area contributed by atoms with E-state index in [2.05, 4.69) is 36.6 Å². The molecule has 6 nitrogen and oxygen atoms in total. The number of likely N-dealkylation sites (N-methyl/N-ethyl adjacent to an activating group) is 1. The number of hydrogen-bond donors (Lipinski definition) is 1. The van der Waals surface area contributed by atoms with Gasteiger partial charge in [-0.15, -0.1) is 0 Å². The number of carbonyl (C=O) groups excluding carboxylic acids is 1. The third kappa shape index (κ3) is 3.68. The van der Waals surface area contributed by atoms with Crippen LogP contribution in [0.2, 0.25) is 0 Å². The molecule has 1 rings (SSSR count). The number of anilines is 1. The largest absolute Gasteiger partial charge is 0.468 e. The van der Waals surface area contributed by atoms with E-state index in [9.17, 15) is 13.2 Å². The van der Waals surface area contributed by atoms with Crippen molar-refractivity contribution >= 4 is 53.5 Å². The Morgan fingerprint density at radius 3 is 2.26 bits per heavy atom. The molecule has 1 aromatic rings. The number of nitrogens with two attached hydrogens (primary N) is 1. The molecule has 0 spiro atoms. The Morgan fingerprint density at radius 1 is 1.37 bits per heavy atom.